The van der Waals surface area contributed by atoms with Gasteiger partial charge in [-0.25, -0.2) is 14.4 Å². The highest BCUT2D eigenvalue weighted by atomic mass is 19.4. The Hall–Kier alpha value is -3.60. The number of fused-ring (bicyclic) bond motifs is 1. The van der Waals surface area contributed by atoms with Crippen molar-refractivity contribution >= 4 is 28.8 Å². The molecule has 0 unspecified atom stereocenters. The van der Waals surface area contributed by atoms with Crippen LogP contribution in [0.25, 0.3) is 0 Å². The zero-order valence-corrected chi connectivity index (χ0v) is 19.5. The number of hydrogen-bond donors (Lipinski definition) is 2. The Bertz CT molecular complexity index is 1220. The zero-order chi connectivity index (χ0) is 25.1. The first kappa shape index (κ1) is 24.1. The Balaban J connectivity index is 1.41. The second-order valence-corrected chi connectivity index (χ2v) is 8.70. The molecular weight excluding hydrogens is 476 g/mol. The summed E-state index contributed by atoms with van der Waals surface area (Å²) in [6.07, 6.45) is -2.34. The van der Waals surface area contributed by atoms with Crippen LogP contribution in [-0.4, -0.2) is 49.4 Å². The molecule has 2 aromatic carbocycles. The normalized spacial score (nSPS) is 16.2. The smallest absolute Gasteiger partial charge is 0.378 e. The van der Waals surface area contributed by atoms with Gasteiger partial charge in [0.15, 0.2) is 17.5 Å². The van der Waals surface area contributed by atoms with Crippen molar-refractivity contribution in [3.8, 4) is 0 Å². The van der Waals surface area contributed by atoms with Crippen LogP contribution in [0.5, 0.6) is 0 Å². The molecule has 0 saturated carbocycles. The quantitative estimate of drug-likeness (QED) is 0.474. The van der Waals surface area contributed by atoms with Crippen LogP contribution in [0.4, 0.5) is 46.4 Å². The minimum Gasteiger partial charge on any atom is -0.378 e. The third-order valence-corrected chi connectivity index (χ3v) is 6.18. The molecule has 1 saturated heterocycles. The van der Waals surface area contributed by atoms with Crippen molar-refractivity contribution in [3.63, 3.8) is 0 Å². The molecule has 1 fully saturated rings. The molecule has 0 atom stereocenters. The molecule has 1 aromatic heterocycles. The monoisotopic (exact) mass is 502 g/mol. The van der Waals surface area contributed by atoms with Crippen LogP contribution >= 0.6 is 0 Å². The van der Waals surface area contributed by atoms with Gasteiger partial charge in [-0.1, -0.05) is 6.07 Å². The van der Waals surface area contributed by atoms with Gasteiger partial charge >= 0.3 is 6.18 Å². The van der Waals surface area contributed by atoms with Crippen molar-refractivity contribution in [1.29, 1.82) is 0 Å². The maximum atomic E-state index is 13.9. The Labute approximate surface area is 206 Å². The maximum absolute atomic E-state index is 13.9. The predicted molar refractivity (Wildman–Crippen MR) is 130 cm³/mol. The molecule has 2 aliphatic heterocycles. The van der Waals surface area contributed by atoms with Crippen LogP contribution in [0.15, 0.2) is 48.7 Å². The Kier molecular flexibility index (Phi) is 6.82. The fraction of sp³-hybridized carbons (Fsp3) is 0.360. The highest BCUT2D eigenvalue weighted by Crippen LogP contribution is 2.35. The lowest BCUT2D eigenvalue weighted by molar-refractivity contribution is -0.138. The van der Waals surface area contributed by atoms with E-state index in [0.29, 0.717) is 50.2 Å². The fourth-order valence-electron chi connectivity index (χ4n) is 4.45. The number of nitrogens with one attached hydrogen (secondary N) is 2. The minimum absolute atomic E-state index is 0.145. The summed E-state index contributed by atoms with van der Waals surface area (Å²) in [7, 11) is 0. The SMILES string of the molecule is Fc1ccc(C(F)(F)F)c(CN2CCCNc3ncc(Nc4cccc(N5CCOCC5)c4)nc32)c1. The van der Waals surface area contributed by atoms with Crippen molar-refractivity contribution in [1.82, 2.24) is 9.97 Å². The number of aromatic nitrogens is 2. The van der Waals surface area contributed by atoms with E-state index in [0.717, 1.165) is 42.7 Å². The van der Waals surface area contributed by atoms with E-state index in [-0.39, 0.29) is 12.1 Å². The molecule has 3 aromatic rings. The number of hydrogen-bond acceptors (Lipinski definition) is 7. The van der Waals surface area contributed by atoms with Crippen molar-refractivity contribution in [2.24, 2.45) is 0 Å². The number of rotatable bonds is 5. The first-order valence-corrected chi connectivity index (χ1v) is 11.8. The first-order chi connectivity index (χ1) is 17.4. The van der Waals surface area contributed by atoms with E-state index in [9.17, 15) is 17.6 Å². The largest absolute Gasteiger partial charge is 0.416 e. The van der Waals surface area contributed by atoms with E-state index in [1.807, 2.05) is 24.3 Å². The molecule has 0 radical (unpaired) electrons. The summed E-state index contributed by atoms with van der Waals surface area (Å²) in [5, 5.41) is 6.44. The van der Waals surface area contributed by atoms with Crippen molar-refractivity contribution < 1.29 is 22.3 Å². The molecule has 190 valence electrons. The number of alkyl halides is 3. The van der Waals surface area contributed by atoms with Gasteiger partial charge in [-0.15, -0.1) is 0 Å². The maximum Gasteiger partial charge on any atom is 0.416 e. The molecule has 5 rings (SSSR count). The van der Waals surface area contributed by atoms with Crippen LogP contribution in [-0.2, 0) is 17.5 Å². The summed E-state index contributed by atoms with van der Waals surface area (Å²) in [5.74, 6) is 0.633. The zero-order valence-electron chi connectivity index (χ0n) is 19.5. The second kappa shape index (κ2) is 10.2. The van der Waals surface area contributed by atoms with Crippen LogP contribution in [0.3, 0.4) is 0 Å². The van der Waals surface area contributed by atoms with Gasteiger partial charge in [0.25, 0.3) is 0 Å². The van der Waals surface area contributed by atoms with E-state index < -0.39 is 17.6 Å². The molecule has 2 aliphatic rings. The lowest BCUT2D eigenvalue weighted by atomic mass is 10.1. The standard InChI is InChI=1S/C25H26F4N6O/c26-18-5-6-21(25(27,28)29)17(13-18)16-35-8-2-7-30-23-24(35)33-22(15-31-23)32-19-3-1-4-20(14-19)34-9-11-36-12-10-34/h1,3-6,13-15H,2,7-12,16H2,(H,30,31)(H,32,33). The molecular formula is C25H26F4N6O. The molecule has 0 amide bonds. The summed E-state index contributed by atoms with van der Waals surface area (Å²) < 4.78 is 60.1. The Morgan fingerprint density at radius 1 is 1.06 bits per heavy atom. The topological polar surface area (TPSA) is 65.5 Å². The first-order valence-electron chi connectivity index (χ1n) is 11.8. The summed E-state index contributed by atoms with van der Waals surface area (Å²) in [6, 6.07) is 10.5. The van der Waals surface area contributed by atoms with Gasteiger partial charge in [0.05, 0.1) is 25.0 Å². The van der Waals surface area contributed by atoms with Crippen LogP contribution in [0, 0.1) is 5.82 Å². The lowest BCUT2D eigenvalue weighted by Gasteiger charge is -2.29. The number of halogens is 4. The van der Waals surface area contributed by atoms with Gasteiger partial charge < -0.3 is 25.2 Å². The summed E-state index contributed by atoms with van der Waals surface area (Å²) in [4.78, 5) is 13.1. The number of morpholine rings is 1. The van der Waals surface area contributed by atoms with Crippen LogP contribution in [0.1, 0.15) is 17.5 Å². The van der Waals surface area contributed by atoms with Crippen LogP contribution < -0.4 is 20.4 Å². The molecule has 3 heterocycles. The Morgan fingerprint density at radius 2 is 1.89 bits per heavy atom. The summed E-state index contributed by atoms with van der Waals surface area (Å²) in [6.45, 7) is 3.87. The number of benzene rings is 2. The summed E-state index contributed by atoms with van der Waals surface area (Å²) >= 11 is 0. The van der Waals surface area contributed by atoms with Gasteiger partial charge in [-0.2, -0.15) is 13.2 Å². The molecule has 36 heavy (non-hydrogen) atoms. The fourth-order valence-corrected chi connectivity index (χ4v) is 4.45. The van der Waals surface area contributed by atoms with E-state index >= 15 is 0 Å². The predicted octanol–water partition coefficient (Wildman–Crippen LogP) is 5.04. The number of anilines is 5. The molecule has 7 nitrogen and oxygen atoms in total. The molecule has 0 spiro atoms. The van der Waals surface area contributed by atoms with Crippen molar-refractivity contribution in [2.75, 3.05) is 59.8 Å². The molecule has 0 bridgehead atoms. The highest BCUT2D eigenvalue weighted by Gasteiger charge is 2.34. The van der Waals surface area contributed by atoms with E-state index in [4.69, 9.17) is 4.74 Å². The van der Waals surface area contributed by atoms with Gasteiger partial charge in [0.1, 0.15) is 5.82 Å². The average molecular weight is 503 g/mol. The van der Waals surface area contributed by atoms with Gasteiger partial charge in [-0.05, 0) is 48.4 Å². The van der Waals surface area contributed by atoms with Gasteiger partial charge in [0.2, 0.25) is 0 Å². The average Bonchev–Trinajstić information content (AvgIpc) is 3.06. The Morgan fingerprint density at radius 3 is 2.69 bits per heavy atom. The summed E-state index contributed by atoms with van der Waals surface area (Å²) in [5.41, 5.74) is 0.865. The van der Waals surface area contributed by atoms with E-state index in [1.165, 1.54) is 0 Å². The van der Waals surface area contributed by atoms with Crippen molar-refractivity contribution in [3.05, 3.63) is 65.6 Å². The third kappa shape index (κ3) is 5.46. The van der Waals surface area contributed by atoms with Crippen molar-refractivity contribution in [2.45, 2.75) is 19.1 Å². The van der Waals surface area contributed by atoms with Gasteiger partial charge in [-0.3, -0.25) is 0 Å². The van der Waals surface area contributed by atoms with E-state index in [1.54, 1.807) is 11.1 Å². The lowest BCUT2D eigenvalue weighted by Crippen LogP contribution is -2.36. The highest BCUT2D eigenvalue weighted by molar-refractivity contribution is 5.68. The van der Waals surface area contributed by atoms with Crippen LogP contribution in [0.2, 0.25) is 0 Å². The molecule has 11 heteroatoms. The molecule has 2 N–H and O–H groups in total. The number of nitrogens with zero attached hydrogens (tertiary/aromatic N) is 4. The minimum atomic E-state index is -4.59. The molecule has 0 aliphatic carbocycles. The third-order valence-electron chi connectivity index (χ3n) is 6.18. The van der Waals surface area contributed by atoms with Gasteiger partial charge in [0, 0.05) is 44.1 Å². The second-order valence-electron chi connectivity index (χ2n) is 8.70. The number of ether oxygens (including phenoxy) is 1. The van der Waals surface area contributed by atoms with E-state index in [2.05, 4.69) is 25.5 Å².